The first-order valence-corrected chi connectivity index (χ1v) is 8.74. The maximum atomic E-state index is 13.2. The molecule has 1 aromatic heterocycles. The molecule has 3 rings (SSSR count). The van der Waals surface area contributed by atoms with E-state index in [1.54, 1.807) is 0 Å². The van der Waals surface area contributed by atoms with Crippen LogP contribution in [-0.4, -0.2) is 12.7 Å². The van der Waals surface area contributed by atoms with Gasteiger partial charge in [-0.1, -0.05) is 0 Å². The quantitative estimate of drug-likeness (QED) is 0.421. The van der Waals surface area contributed by atoms with Gasteiger partial charge in [-0.2, -0.15) is 31.6 Å². The lowest BCUT2D eigenvalue weighted by Gasteiger charge is -2.26. The first-order chi connectivity index (χ1) is 14.5. The Morgan fingerprint density at radius 1 is 0.903 bits per heavy atom. The number of nitrogens with zero attached hydrogens (tertiary/aromatic N) is 2. The fraction of sp³-hybridized carbons (Fsp3) is 0.190. The highest BCUT2D eigenvalue weighted by Crippen LogP contribution is 2.36. The van der Waals surface area contributed by atoms with Crippen molar-refractivity contribution in [3.8, 4) is 17.4 Å². The van der Waals surface area contributed by atoms with Gasteiger partial charge in [0.15, 0.2) is 0 Å². The van der Waals surface area contributed by atoms with Crippen LogP contribution < -0.4 is 4.90 Å². The third-order valence-electron chi connectivity index (χ3n) is 4.30. The predicted molar refractivity (Wildman–Crippen MR) is 97.4 cm³/mol. The zero-order chi connectivity index (χ0) is 22.8. The molecule has 0 spiro atoms. The highest BCUT2D eigenvalue weighted by molar-refractivity contribution is 5.58. The molecule has 0 aliphatic rings. The standard InChI is InChI=1S/C21H13F7N2O/c22-15-4-1-13(2-5-15)19-8-7-17(31-19)11-30(12-20(23,24)25)16-6-3-14(10-29)18(9-16)21(26,27)28/h1-9H,11-12H2. The van der Waals surface area contributed by atoms with Crippen LogP contribution in [0.2, 0.25) is 0 Å². The monoisotopic (exact) mass is 442 g/mol. The molecule has 0 bridgehead atoms. The van der Waals surface area contributed by atoms with Crippen molar-refractivity contribution in [2.24, 2.45) is 0 Å². The molecule has 0 fully saturated rings. The average Bonchev–Trinajstić information content (AvgIpc) is 3.14. The molecule has 0 N–H and O–H groups in total. The van der Waals surface area contributed by atoms with Gasteiger partial charge in [0.05, 0.1) is 23.7 Å². The molecule has 0 aliphatic heterocycles. The number of hydrogen-bond acceptors (Lipinski definition) is 3. The van der Waals surface area contributed by atoms with Crippen molar-refractivity contribution in [2.75, 3.05) is 11.4 Å². The van der Waals surface area contributed by atoms with Crippen molar-refractivity contribution in [1.82, 2.24) is 0 Å². The Kier molecular flexibility index (Phi) is 5.97. The molecule has 0 unspecified atom stereocenters. The summed E-state index contributed by atoms with van der Waals surface area (Å²) < 4.78 is 97.5. The summed E-state index contributed by atoms with van der Waals surface area (Å²) in [4.78, 5) is 0.670. The maximum absolute atomic E-state index is 13.2. The van der Waals surface area contributed by atoms with Gasteiger partial charge in [0.25, 0.3) is 0 Å². The first kappa shape index (κ1) is 22.2. The molecule has 3 aromatic rings. The molecule has 0 aliphatic carbocycles. The zero-order valence-electron chi connectivity index (χ0n) is 15.6. The van der Waals surface area contributed by atoms with E-state index in [2.05, 4.69) is 0 Å². The number of alkyl halides is 6. The molecule has 1 heterocycles. The largest absolute Gasteiger partial charge is 0.459 e. The van der Waals surface area contributed by atoms with Gasteiger partial charge in [0.1, 0.15) is 23.9 Å². The minimum Gasteiger partial charge on any atom is -0.459 e. The van der Waals surface area contributed by atoms with E-state index in [0.717, 1.165) is 12.1 Å². The second kappa shape index (κ2) is 8.34. The van der Waals surface area contributed by atoms with Gasteiger partial charge < -0.3 is 9.32 Å². The van der Waals surface area contributed by atoms with Crippen LogP contribution in [0.5, 0.6) is 0 Å². The summed E-state index contributed by atoms with van der Waals surface area (Å²) in [5.41, 5.74) is -1.91. The van der Waals surface area contributed by atoms with Crippen LogP contribution in [0.15, 0.2) is 59.0 Å². The minimum absolute atomic E-state index is 0.0569. The van der Waals surface area contributed by atoms with E-state index in [9.17, 15) is 30.7 Å². The van der Waals surface area contributed by atoms with E-state index in [1.807, 2.05) is 0 Å². The van der Waals surface area contributed by atoms with Gasteiger partial charge in [0, 0.05) is 11.3 Å². The lowest BCUT2D eigenvalue weighted by molar-refractivity contribution is -0.137. The average molecular weight is 442 g/mol. The van der Waals surface area contributed by atoms with Crippen LogP contribution in [-0.2, 0) is 12.7 Å². The SMILES string of the molecule is N#Cc1ccc(N(Cc2ccc(-c3ccc(F)cc3)o2)CC(F)(F)F)cc1C(F)(F)F. The molecule has 2 aromatic carbocycles. The van der Waals surface area contributed by atoms with Crippen molar-refractivity contribution in [3.63, 3.8) is 0 Å². The molecule has 3 nitrogen and oxygen atoms in total. The second-order valence-electron chi connectivity index (χ2n) is 6.58. The smallest absolute Gasteiger partial charge is 0.417 e. The number of hydrogen-bond donors (Lipinski definition) is 0. The van der Waals surface area contributed by atoms with Crippen LogP contribution in [0.4, 0.5) is 36.4 Å². The third kappa shape index (κ3) is 5.57. The van der Waals surface area contributed by atoms with Gasteiger partial charge in [-0.3, -0.25) is 0 Å². The summed E-state index contributed by atoms with van der Waals surface area (Å²) >= 11 is 0. The number of rotatable bonds is 5. The molecule has 0 saturated heterocycles. The van der Waals surface area contributed by atoms with Crippen molar-refractivity contribution in [3.05, 3.63) is 77.3 Å². The normalized spacial score (nSPS) is 11.9. The van der Waals surface area contributed by atoms with Crippen LogP contribution in [0.3, 0.4) is 0 Å². The molecule has 162 valence electrons. The Balaban J connectivity index is 1.94. The van der Waals surface area contributed by atoms with E-state index in [1.165, 1.54) is 42.5 Å². The summed E-state index contributed by atoms with van der Waals surface area (Å²) in [6.07, 6.45) is -9.62. The Morgan fingerprint density at radius 3 is 2.16 bits per heavy atom. The van der Waals surface area contributed by atoms with Crippen LogP contribution in [0.25, 0.3) is 11.3 Å². The number of furan rings is 1. The Morgan fingerprint density at radius 2 is 1.58 bits per heavy atom. The number of nitriles is 1. The summed E-state index contributed by atoms with van der Waals surface area (Å²) in [5.74, 6) is -0.160. The molecular weight excluding hydrogens is 429 g/mol. The number of anilines is 1. The molecule has 0 amide bonds. The molecular formula is C21H13F7N2O. The zero-order valence-corrected chi connectivity index (χ0v) is 15.6. The number of halogens is 7. The topological polar surface area (TPSA) is 40.2 Å². The fourth-order valence-corrected chi connectivity index (χ4v) is 2.94. The highest BCUT2D eigenvalue weighted by atomic mass is 19.4. The first-order valence-electron chi connectivity index (χ1n) is 8.74. The van der Waals surface area contributed by atoms with E-state index in [4.69, 9.17) is 9.68 Å². The van der Waals surface area contributed by atoms with E-state index in [-0.39, 0.29) is 17.2 Å². The van der Waals surface area contributed by atoms with E-state index < -0.39 is 42.4 Å². The van der Waals surface area contributed by atoms with Gasteiger partial charge in [-0.25, -0.2) is 4.39 Å². The Bertz CT molecular complexity index is 1090. The van der Waals surface area contributed by atoms with Gasteiger partial charge in [-0.05, 0) is 54.6 Å². The molecule has 0 atom stereocenters. The Labute approximate surface area is 171 Å². The van der Waals surface area contributed by atoms with E-state index >= 15 is 0 Å². The molecule has 0 saturated carbocycles. The summed E-state index contributed by atoms with van der Waals surface area (Å²) in [7, 11) is 0. The molecule has 10 heteroatoms. The predicted octanol–water partition coefficient (Wildman–Crippen LogP) is 6.55. The lowest BCUT2D eigenvalue weighted by Crippen LogP contribution is -2.34. The maximum Gasteiger partial charge on any atom is 0.417 e. The fourth-order valence-electron chi connectivity index (χ4n) is 2.94. The van der Waals surface area contributed by atoms with Crippen LogP contribution >= 0.6 is 0 Å². The number of benzene rings is 2. The van der Waals surface area contributed by atoms with Crippen LogP contribution in [0, 0.1) is 17.1 Å². The van der Waals surface area contributed by atoms with Crippen LogP contribution in [0.1, 0.15) is 16.9 Å². The van der Waals surface area contributed by atoms with Gasteiger partial charge >= 0.3 is 12.4 Å². The minimum atomic E-state index is -4.91. The van der Waals surface area contributed by atoms with E-state index in [0.29, 0.717) is 16.5 Å². The summed E-state index contributed by atoms with van der Waals surface area (Å²) in [6, 6.07) is 11.8. The van der Waals surface area contributed by atoms with Gasteiger partial charge in [-0.15, -0.1) is 0 Å². The van der Waals surface area contributed by atoms with Crippen molar-refractivity contribution < 1.29 is 35.2 Å². The van der Waals surface area contributed by atoms with Crippen molar-refractivity contribution in [1.29, 1.82) is 5.26 Å². The molecule has 0 radical (unpaired) electrons. The summed E-state index contributed by atoms with van der Waals surface area (Å²) in [6.45, 7) is -2.02. The lowest BCUT2D eigenvalue weighted by atomic mass is 10.1. The van der Waals surface area contributed by atoms with Crippen molar-refractivity contribution >= 4 is 5.69 Å². The highest BCUT2D eigenvalue weighted by Gasteiger charge is 2.36. The summed E-state index contributed by atoms with van der Waals surface area (Å²) in [5, 5.41) is 8.88. The third-order valence-corrected chi connectivity index (χ3v) is 4.30. The molecule has 31 heavy (non-hydrogen) atoms. The van der Waals surface area contributed by atoms with Crippen molar-refractivity contribution in [2.45, 2.75) is 18.9 Å². The second-order valence-corrected chi connectivity index (χ2v) is 6.58. The Hall–Kier alpha value is -3.48. The van der Waals surface area contributed by atoms with Gasteiger partial charge in [0.2, 0.25) is 0 Å².